The highest BCUT2D eigenvalue weighted by Gasteiger charge is 2.26. The van der Waals surface area contributed by atoms with Crippen molar-refractivity contribution in [2.45, 2.75) is 25.8 Å². The lowest BCUT2D eigenvalue weighted by Gasteiger charge is -2.30. The van der Waals surface area contributed by atoms with E-state index in [2.05, 4.69) is 20.6 Å². The molecular weight excluding hydrogens is 220 g/mol. The Morgan fingerprint density at radius 3 is 2.53 bits per heavy atom. The van der Waals surface area contributed by atoms with Gasteiger partial charge in [-0.1, -0.05) is 6.92 Å². The minimum atomic E-state index is -0.738. The molecule has 0 amide bonds. The molecule has 6 heteroatoms. The number of nitrogens with zero attached hydrogens (tertiary/aromatic N) is 2. The van der Waals surface area contributed by atoms with Crippen LogP contribution >= 0.6 is 0 Å². The molecule has 17 heavy (non-hydrogen) atoms. The zero-order chi connectivity index (χ0) is 12.7. The summed E-state index contributed by atoms with van der Waals surface area (Å²) in [5, 5.41) is 24.7. The van der Waals surface area contributed by atoms with Gasteiger partial charge >= 0.3 is 0 Å². The van der Waals surface area contributed by atoms with Gasteiger partial charge in [-0.25, -0.2) is 4.98 Å². The first-order valence-electron chi connectivity index (χ1n) is 5.76. The number of nitrogens with one attached hydrogen (secondary N) is 2. The molecule has 0 bridgehead atoms. The lowest BCUT2D eigenvalue weighted by molar-refractivity contribution is 0.132. The predicted molar refractivity (Wildman–Crippen MR) is 67.0 cm³/mol. The van der Waals surface area contributed by atoms with Crippen LogP contribution in [0.5, 0.6) is 0 Å². The zero-order valence-electron chi connectivity index (χ0n) is 10.3. The Kier molecular flexibility index (Phi) is 5.11. The van der Waals surface area contributed by atoms with Crippen LogP contribution in [0.15, 0.2) is 12.3 Å². The molecule has 1 rings (SSSR count). The van der Waals surface area contributed by atoms with E-state index in [9.17, 15) is 10.2 Å². The first kappa shape index (κ1) is 13.7. The van der Waals surface area contributed by atoms with Crippen molar-refractivity contribution < 1.29 is 10.2 Å². The number of aromatic nitrogens is 2. The van der Waals surface area contributed by atoms with Crippen LogP contribution in [-0.4, -0.2) is 45.5 Å². The highest BCUT2D eigenvalue weighted by Crippen LogP contribution is 2.17. The third kappa shape index (κ3) is 3.54. The third-order valence-electron chi connectivity index (χ3n) is 2.67. The average molecular weight is 240 g/mol. The molecule has 0 radical (unpaired) electrons. The molecule has 0 saturated heterocycles. The van der Waals surface area contributed by atoms with Crippen LogP contribution in [0.2, 0.25) is 0 Å². The number of rotatable bonds is 7. The summed E-state index contributed by atoms with van der Waals surface area (Å²) >= 11 is 0. The van der Waals surface area contributed by atoms with E-state index in [0.29, 0.717) is 18.2 Å². The second-order valence-corrected chi connectivity index (χ2v) is 3.87. The van der Waals surface area contributed by atoms with Crippen molar-refractivity contribution in [1.82, 2.24) is 9.97 Å². The Balaban J connectivity index is 2.82. The predicted octanol–water partition coefficient (Wildman–Crippen LogP) is 0.454. The monoisotopic (exact) mass is 240 g/mol. The summed E-state index contributed by atoms with van der Waals surface area (Å²) in [6, 6.07) is 1.70. The van der Waals surface area contributed by atoms with Gasteiger partial charge in [-0.3, -0.25) is 0 Å². The van der Waals surface area contributed by atoms with Gasteiger partial charge in [0.2, 0.25) is 5.95 Å². The van der Waals surface area contributed by atoms with E-state index in [1.807, 2.05) is 13.8 Å². The zero-order valence-corrected chi connectivity index (χ0v) is 10.3. The molecule has 1 heterocycles. The van der Waals surface area contributed by atoms with Gasteiger partial charge in [-0.05, 0) is 19.4 Å². The van der Waals surface area contributed by atoms with Crippen LogP contribution in [0.25, 0.3) is 0 Å². The van der Waals surface area contributed by atoms with Gasteiger partial charge in [0.1, 0.15) is 5.82 Å². The Morgan fingerprint density at radius 2 is 2.00 bits per heavy atom. The summed E-state index contributed by atoms with van der Waals surface area (Å²) in [4.78, 5) is 8.29. The van der Waals surface area contributed by atoms with Gasteiger partial charge in [0.25, 0.3) is 0 Å². The van der Waals surface area contributed by atoms with Crippen molar-refractivity contribution in [2.24, 2.45) is 0 Å². The third-order valence-corrected chi connectivity index (χ3v) is 2.67. The molecule has 0 aliphatic carbocycles. The second kappa shape index (κ2) is 6.36. The van der Waals surface area contributed by atoms with E-state index in [4.69, 9.17) is 0 Å². The number of anilines is 2. The van der Waals surface area contributed by atoms with E-state index in [-0.39, 0.29) is 13.2 Å². The fourth-order valence-corrected chi connectivity index (χ4v) is 1.38. The summed E-state index contributed by atoms with van der Waals surface area (Å²) in [5.74, 6) is 1.11. The molecule has 0 aromatic carbocycles. The smallest absolute Gasteiger partial charge is 0.224 e. The molecule has 0 fully saturated rings. The number of hydrogen-bond donors (Lipinski definition) is 4. The van der Waals surface area contributed by atoms with Crippen molar-refractivity contribution in [3.05, 3.63) is 12.3 Å². The van der Waals surface area contributed by atoms with Crippen LogP contribution in [-0.2, 0) is 0 Å². The van der Waals surface area contributed by atoms with Gasteiger partial charge in [0.05, 0.1) is 18.8 Å². The Labute approximate surface area is 101 Å². The fourth-order valence-electron chi connectivity index (χ4n) is 1.38. The molecule has 1 aromatic rings. The molecule has 96 valence electrons. The molecule has 6 nitrogen and oxygen atoms in total. The Bertz CT molecular complexity index is 334. The van der Waals surface area contributed by atoms with E-state index >= 15 is 0 Å². The van der Waals surface area contributed by atoms with Gasteiger partial charge in [0, 0.05) is 12.7 Å². The molecular formula is C11H20N4O2. The molecule has 0 aliphatic heterocycles. The normalized spacial score (nSPS) is 11.3. The van der Waals surface area contributed by atoms with E-state index in [1.165, 1.54) is 0 Å². The lowest BCUT2D eigenvalue weighted by atomic mass is 9.98. The van der Waals surface area contributed by atoms with Crippen LogP contribution in [0, 0.1) is 0 Å². The van der Waals surface area contributed by atoms with Crippen LogP contribution < -0.4 is 10.6 Å². The van der Waals surface area contributed by atoms with Gasteiger partial charge < -0.3 is 20.8 Å². The Morgan fingerprint density at radius 1 is 1.29 bits per heavy atom. The Hall–Kier alpha value is -1.40. The fraction of sp³-hybridized carbons (Fsp3) is 0.636. The number of aliphatic hydroxyl groups is 2. The molecule has 0 atom stereocenters. The molecule has 0 unspecified atom stereocenters. The first-order valence-corrected chi connectivity index (χ1v) is 5.76. The summed E-state index contributed by atoms with van der Waals surface area (Å²) in [5.41, 5.74) is -0.738. The molecule has 0 aliphatic rings. The minimum Gasteiger partial charge on any atom is -0.394 e. The highest BCUT2D eigenvalue weighted by atomic mass is 16.3. The largest absolute Gasteiger partial charge is 0.394 e. The maximum Gasteiger partial charge on any atom is 0.224 e. The topological polar surface area (TPSA) is 90.3 Å². The van der Waals surface area contributed by atoms with Crippen molar-refractivity contribution in [3.8, 4) is 0 Å². The van der Waals surface area contributed by atoms with E-state index < -0.39 is 5.54 Å². The molecule has 4 N–H and O–H groups in total. The average Bonchev–Trinajstić information content (AvgIpc) is 2.37. The van der Waals surface area contributed by atoms with E-state index in [0.717, 1.165) is 6.54 Å². The van der Waals surface area contributed by atoms with Crippen LogP contribution in [0.4, 0.5) is 11.8 Å². The van der Waals surface area contributed by atoms with Crippen LogP contribution in [0.1, 0.15) is 20.3 Å². The lowest BCUT2D eigenvalue weighted by Crippen LogP contribution is -2.45. The first-order chi connectivity index (χ1) is 8.19. The summed E-state index contributed by atoms with van der Waals surface area (Å²) in [6.07, 6.45) is 2.23. The molecule has 0 spiro atoms. The quantitative estimate of drug-likeness (QED) is 0.553. The molecule has 0 saturated carbocycles. The second-order valence-electron chi connectivity index (χ2n) is 3.87. The minimum absolute atomic E-state index is 0.152. The maximum atomic E-state index is 9.33. The van der Waals surface area contributed by atoms with Gasteiger partial charge in [-0.15, -0.1) is 0 Å². The van der Waals surface area contributed by atoms with Gasteiger partial charge in [-0.2, -0.15) is 4.98 Å². The summed E-state index contributed by atoms with van der Waals surface area (Å²) < 4.78 is 0. The standard InChI is InChI=1S/C11H20N4O2/c1-3-11(7-16,8-17)15-9-5-6-13-10(14-9)12-4-2/h5-6,16-17H,3-4,7-8H2,1-2H3,(H2,12,13,14,15). The summed E-state index contributed by atoms with van der Waals surface area (Å²) in [7, 11) is 0. The maximum absolute atomic E-state index is 9.33. The van der Waals surface area contributed by atoms with Crippen molar-refractivity contribution in [2.75, 3.05) is 30.4 Å². The SMILES string of the molecule is CCNc1nccc(NC(CC)(CO)CO)n1. The van der Waals surface area contributed by atoms with E-state index in [1.54, 1.807) is 12.3 Å². The highest BCUT2D eigenvalue weighted by molar-refractivity contribution is 5.42. The number of hydrogen-bond acceptors (Lipinski definition) is 6. The van der Waals surface area contributed by atoms with Crippen LogP contribution in [0.3, 0.4) is 0 Å². The molecule has 1 aromatic heterocycles. The number of aliphatic hydroxyl groups excluding tert-OH is 2. The van der Waals surface area contributed by atoms with Crippen molar-refractivity contribution in [3.63, 3.8) is 0 Å². The van der Waals surface area contributed by atoms with Crippen molar-refractivity contribution >= 4 is 11.8 Å². The van der Waals surface area contributed by atoms with Crippen molar-refractivity contribution in [1.29, 1.82) is 0 Å². The van der Waals surface area contributed by atoms with Gasteiger partial charge in [0.15, 0.2) is 0 Å². The summed E-state index contributed by atoms with van der Waals surface area (Å²) in [6.45, 7) is 4.29.